The SMILES string of the molecule is Cc1cn(-c2c(F)cccc2C=O)c(C)n1. The number of aldehydes is 1. The molecular weight excluding hydrogens is 207 g/mol. The maximum atomic E-state index is 13.7. The molecular formula is C12H11FN2O. The topological polar surface area (TPSA) is 34.9 Å². The zero-order chi connectivity index (χ0) is 11.7. The second-order valence-electron chi connectivity index (χ2n) is 3.60. The molecule has 0 unspecified atom stereocenters. The normalized spacial score (nSPS) is 10.4. The molecule has 1 heterocycles. The highest BCUT2D eigenvalue weighted by molar-refractivity contribution is 5.81. The molecule has 0 aliphatic rings. The van der Waals surface area contributed by atoms with Gasteiger partial charge in [-0.1, -0.05) is 6.07 Å². The average molecular weight is 218 g/mol. The van der Waals surface area contributed by atoms with Crippen LogP contribution in [0.1, 0.15) is 21.9 Å². The van der Waals surface area contributed by atoms with Crippen molar-refractivity contribution in [1.82, 2.24) is 9.55 Å². The molecule has 2 rings (SSSR count). The van der Waals surface area contributed by atoms with Crippen LogP contribution >= 0.6 is 0 Å². The molecule has 0 fully saturated rings. The van der Waals surface area contributed by atoms with Crippen molar-refractivity contribution in [3.8, 4) is 5.69 Å². The number of carbonyl (C=O) groups is 1. The van der Waals surface area contributed by atoms with Crippen molar-refractivity contribution in [2.75, 3.05) is 0 Å². The fourth-order valence-electron chi connectivity index (χ4n) is 1.73. The van der Waals surface area contributed by atoms with Crippen LogP contribution in [0, 0.1) is 19.7 Å². The van der Waals surface area contributed by atoms with E-state index in [0.29, 0.717) is 17.7 Å². The van der Waals surface area contributed by atoms with E-state index in [1.807, 2.05) is 6.92 Å². The van der Waals surface area contributed by atoms with Gasteiger partial charge >= 0.3 is 0 Å². The smallest absolute Gasteiger partial charge is 0.152 e. The van der Waals surface area contributed by atoms with E-state index in [9.17, 15) is 9.18 Å². The highest BCUT2D eigenvalue weighted by Gasteiger charge is 2.12. The lowest BCUT2D eigenvalue weighted by molar-refractivity contribution is 0.112. The molecule has 0 atom stereocenters. The molecule has 0 N–H and O–H groups in total. The monoisotopic (exact) mass is 218 g/mol. The molecule has 4 heteroatoms. The van der Waals surface area contributed by atoms with Crippen LogP contribution in [0.3, 0.4) is 0 Å². The number of hydrogen-bond acceptors (Lipinski definition) is 2. The molecule has 16 heavy (non-hydrogen) atoms. The number of aryl methyl sites for hydroxylation is 2. The minimum atomic E-state index is -0.426. The van der Waals surface area contributed by atoms with Crippen molar-refractivity contribution in [2.45, 2.75) is 13.8 Å². The summed E-state index contributed by atoms with van der Waals surface area (Å²) in [6, 6.07) is 4.43. The van der Waals surface area contributed by atoms with Crippen LogP contribution in [0.15, 0.2) is 24.4 Å². The maximum Gasteiger partial charge on any atom is 0.152 e. The van der Waals surface area contributed by atoms with E-state index in [4.69, 9.17) is 0 Å². The molecule has 0 bridgehead atoms. The van der Waals surface area contributed by atoms with Gasteiger partial charge in [-0.05, 0) is 26.0 Å². The number of para-hydroxylation sites is 1. The molecule has 0 radical (unpaired) electrons. The predicted molar refractivity (Wildman–Crippen MR) is 58.4 cm³/mol. The summed E-state index contributed by atoms with van der Waals surface area (Å²) in [5.41, 5.74) is 1.37. The standard InChI is InChI=1S/C12H11FN2O/c1-8-6-15(9(2)14-8)12-10(7-16)4-3-5-11(12)13/h3-7H,1-2H3. The number of nitrogens with zero attached hydrogens (tertiary/aromatic N) is 2. The Morgan fingerprint density at radius 2 is 2.12 bits per heavy atom. The van der Waals surface area contributed by atoms with Crippen LogP contribution in [0.5, 0.6) is 0 Å². The Hall–Kier alpha value is -1.97. The first-order chi connectivity index (χ1) is 7.63. The third-order valence-corrected chi connectivity index (χ3v) is 2.39. The second-order valence-corrected chi connectivity index (χ2v) is 3.60. The van der Waals surface area contributed by atoms with Crippen molar-refractivity contribution >= 4 is 6.29 Å². The van der Waals surface area contributed by atoms with Gasteiger partial charge in [0.15, 0.2) is 6.29 Å². The third kappa shape index (κ3) is 1.62. The van der Waals surface area contributed by atoms with Gasteiger partial charge in [0.1, 0.15) is 11.6 Å². The summed E-state index contributed by atoms with van der Waals surface area (Å²) >= 11 is 0. The highest BCUT2D eigenvalue weighted by Crippen LogP contribution is 2.19. The van der Waals surface area contributed by atoms with Crippen LogP contribution in [-0.2, 0) is 0 Å². The van der Waals surface area contributed by atoms with Gasteiger partial charge in [-0.3, -0.25) is 4.79 Å². The van der Waals surface area contributed by atoms with E-state index < -0.39 is 5.82 Å². The number of carbonyl (C=O) groups excluding carboxylic acids is 1. The fourth-order valence-corrected chi connectivity index (χ4v) is 1.73. The molecule has 0 saturated heterocycles. The Bertz CT molecular complexity index is 546. The molecule has 0 aliphatic carbocycles. The summed E-state index contributed by atoms with van der Waals surface area (Å²) in [6.45, 7) is 3.60. The summed E-state index contributed by atoms with van der Waals surface area (Å²) in [4.78, 5) is 15.1. The van der Waals surface area contributed by atoms with Crippen molar-refractivity contribution in [1.29, 1.82) is 0 Å². The first-order valence-electron chi connectivity index (χ1n) is 4.90. The molecule has 82 valence electrons. The van der Waals surface area contributed by atoms with E-state index >= 15 is 0 Å². The van der Waals surface area contributed by atoms with Gasteiger partial charge in [0, 0.05) is 11.8 Å². The predicted octanol–water partition coefficient (Wildman–Crippen LogP) is 2.44. The van der Waals surface area contributed by atoms with Crippen LogP contribution in [0.2, 0.25) is 0 Å². The van der Waals surface area contributed by atoms with Crippen LogP contribution < -0.4 is 0 Å². The summed E-state index contributed by atoms with van der Waals surface area (Å²) in [5, 5.41) is 0. The second kappa shape index (κ2) is 3.89. The van der Waals surface area contributed by atoms with Gasteiger partial charge in [0.2, 0.25) is 0 Å². The van der Waals surface area contributed by atoms with E-state index in [1.165, 1.54) is 12.1 Å². The lowest BCUT2D eigenvalue weighted by atomic mass is 10.2. The van der Waals surface area contributed by atoms with Gasteiger partial charge < -0.3 is 4.57 Å². The summed E-state index contributed by atoms with van der Waals surface area (Å²) in [7, 11) is 0. The lowest BCUT2D eigenvalue weighted by Gasteiger charge is -2.08. The average Bonchev–Trinajstić information content (AvgIpc) is 2.57. The van der Waals surface area contributed by atoms with Crippen LogP contribution in [0.4, 0.5) is 4.39 Å². The number of imidazole rings is 1. The van der Waals surface area contributed by atoms with E-state index in [-0.39, 0.29) is 5.69 Å². The first kappa shape index (κ1) is 10.5. The number of aromatic nitrogens is 2. The highest BCUT2D eigenvalue weighted by atomic mass is 19.1. The van der Waals surface area contributed by atoms with Crippen molar-refractivity contribution in [3.63, 3.8) is 0 Å². The third-order valence-electron chi connectivity index (χ3n) is 2.39. The number of benzene rings is 1. The summed E-state index contributed by atoms with van der Waals surface area (Å²) in [6.07, 6.45) is 2.36. The molecule has 3 nitrogen and oxygen atoms in total. The first-order valence-corrected chi connectivity index (χ1v) is 4.90. The lowest BCUT2D eigenvalue weighted by Crippen LogP contribution is -2.03. The van der Waals surface area contributed by atoms with Gasteiger partial charge in [0.05, 0.1) is 11.4 Å². The quantitative estimate of drug-likeness (QED) is 0.725. The van der Waals surface area contributed by atoms with Gasteiger partial charge in [0.25, 0.3) is 0 Å². The van der Waals surface area contributed by atoms with E-state index in [1.54, 1.807) is 23.8 Å². The molecule has 1 aromatic carbocycles. The molecule has 0 saturated carbocycles. The van der Waals surface area contributed by atoms with Crippen molar-refractivity contribution in [3.05, 3.63) is 47.3 Å². The molecule has 2 aromatic rings. The zero-order valence-electron chi connectivity index (χ0n) is 9.07. The minimum Gasteiger partial charge on any atom is -0.300 e. The Morgan fingerprint density at radius 3 is 2.69 bits per heavy atom. The zero-order valence-corrected chi connectivity index (χ0v) is 9.07. The van der Waals surface area contributed by atoms with Crippen molar-refractivity contribution < 1.29 is 9.18 Å². The van der Waals surface area contributed by atoms with Gasteiger partial charge in [-0.15, -0.1) is 0 Å². The Balaban J connectivity index is 2.72. The van der Waals surface area contributed by atoms with E-state index in [2.05, 4.69) is 4.98 Å². The van der Waals surface area contributed by atoms with Gasteiger partial charge in [-0.25, -0.2) is 9.37 Å². The van der Waals surface area contributed by atoms with Crippen LogP contribution in [0.25, 0.3) is 5.69 Å². The van der Waals surface area contributed by atoms with Crippen molar-refractivity contribution in [2.24, 2.45) is 0 Å². The number of halogens is 1. The largest absolute Gasteiger partial charge is 0.300 e. The fraction of sp³-hybridized carbons (Fsp3) is 0.167. The van der Waals surface area contributed by atoms with Gasteiger partial charge in [-0.2, -0.15) is 0 Å². The Morgan fingerprint density at radius 1 is 1.38 bits per heavy atom. The molecule has 1 aromatic heterocycles. The minimum absolute atomic E-state index is 0.260. The maximum absolute atomic E-state index is 13.7. The van der Waals surface area contributed by atoms with E-state index in [0.717, 1.165) is 5.69 Å². The molecule has 0 amide bonds. The Labute approximate surface area is 92.5 Å². The number of rotatable bonds is 2. The molecule has 0 aliphatic heterocycles. The van der Waals surface area contributed by atoms with Crippen LogP contribution in [-0.4, -0.2) is 15.8 Å². The Kier molecular flexibility index (Phi) is 2.56. The molecule has 0 spiro atoms. The number of hydrogen-bond donors (Lipinski definition) is 0. The summed E-state index contributed by atoms with van der Waals surface area (Å²) in [5.74, 6) is 0.232. The summed E-state index contributed by atoms with van der Waals surface area (Å²) < 4.78 is 15.3.